The van der Waals surface area contributed by atoms with E-state index in [1.807, 2.05) is 0 Å². The van der Waals surface area contributed by atoms with Crippen LogP contribution in [0.4, 0.5) is 0 Å². The van der Waals surface area contributed by atoms with Crippen LogP contribution >= 0.6 is 0 Å². The van der Waals surface area contributed by atoms with Gasteiger partial charge >= 0.3 is 0 Å². The zero-order chi connectivity index (χ0) is 12.4. The maximum Gasteiger partial charge on any atom is 0.219 e. The summed E-state index contributed by atoms with van der Waals surface area (Å²) in [6.45, 7) is 3.49. The molecule has 96 valence electrons. The number of amides is 1. The average Bonchev–Trinajstić information content (AvgIpc) is 2.18. The molecule has 4 nitrogen and oxygen atoms in total. The lowest BCUT2D eigenvalue weighted by atomic mass is 10.1. The topological polar surface area (TPSA) is 49.3 Å². The van der Waals surface area contributed by atoms with Crippen molar-refractivity contribution in [1.29, 1.82) is 0 Å². The maximum atomic E-state index is 11.4. The number of nitrogens with zero attached hydrogens (tertiary/aromatic N) is 1. The van der Waals surface area contributed by atoms with Gasteiger partial charge in [0.2, 0.25) is 5.91 Å². The Kier molecular flexibility index (Phi) is 8.21. The van der Waals surface area contributed by atoms with Crippen molar-refractivity contribution in [2.45, 2.75) is 45.4 Å². The molecule has 4 heteroatoms. The Bertz CT molecular complexity index is 188. The molecule has 0 bridgehead atoms. The van der Waals surface area contributed by atoms with Crippen LogP contribution < -0.4 is 5.32 Å². The normalized spacial score (nSPS) is 11.5. The van der Waals surface area contributed by atoms with Crippen molar-refractivity contribution >= 4 is 5.91 Å². The smallest absolute Gasteiger partial charge is 0.219 e. The first-order valence-electron chi connectivity index (χ1n) is 6.28. The molecule has 0 aromatic heterocycles. The number of rotatable bonds is 9. The molecule has 0 aliphatic heterocycles. The van der Waals surface area contributed by atoms with Crippen LogP contribution in [0.1, 0.15) is 45.4 Å². The van der Waals surface area contributed by atoms with Crippen molar-refractivity contribution in [1.82, 2.24) is 5.32 Å². The maximum absolute atomic E-state index is 11.4. The van der Waals surface area contributed by atoms with Crippen molar-refractivity contribution in [2.75, 3.05) is 27.2 Å². The van der Waals surface area contributed by atoms with Crippen molar-refractivity contribution in [3.63, 3.8) is 0 Å². The number of carbonyl (C=O) groups is 1. The minimum absolute atomic E-state index is 0.0353. The van der Waals surface area contributed by atoms with E-state index in [-0.39, 0.29) is 10.6 Å². The summed E-state index contributed by atoms with van der Waals surface area (Å²) in [5, 5.41) is 12.3. The Morgan fingerprint density at radius 3 is 2.44 bits per heavy atom. The van der Waals surface area contributed by atoms with Gasteiger partial charge in [-0.3, -0.25) is 4.79 Å². The van der Waals surface area contributed by atoms with Crippen molar-refractivity contribution in [3.8, 4) is 0 Å². The highest BCUT2D eigenvalue weighted by Crippen LogP contribution is 2.02. The molecular formula is C12H27N2O2+. The quantitative estimate of drug-likeness (QED) is 0.362. The molecule has 2 N–H and O–H groups in total. The van der Waals surface area contributed by atoms with Crippen molar-refractivity contribution in [3.05, 3.63) is 0 Å². The van der Waals surface area contributed by atoms with Gasteiger partial charge in [0.25, 0.3) is 0 Å². The van der Waals surface area contributed by atoms with E-state index in [1.54, 1.807) is 14.1 Å². The molecule has 0 spiro atoms. The first-order chi connectivity index (χ1) is 7.45. The van der Waals surface area contributed by atoms with Crippen LogP contribution in [0.5, 0.6) is 0 Å². The number of carbonyl (C=O) groups excluding carboxylic acids is 1. The van der Waals surface area contributed by atoms with Crippen LogP contribution in [0.15, 0.2) is 0 Å². The second-order valence-electron chi connectivity index (χ2n) is 4.86. The number of nitrogens with one attached hydrogen (secondary N) is 1. The van der Waals surface area contributed by atoms with E-state index in [2.05, 4.69) is 12.2 Å². The summed E-state index contributed by atoms with van der Waals surface area (Å²) in [4.78, 5) is 11.4. The largest absolute Gasteiger partial charge is 0.356 e. The van der Waals surface area contributed by atoms with Crippen LogP contribution in [0.3, 0.4) is 0 Å². The van der Waals surface area contributed by atoms with Gasteiger partial charge in [0.1, 0.15) is 6.54 Å². The molecule has 0 heterocycles. The molecule has 1 amide bonds. The minimum Gasteiger partial charge on any atom is -0.356 e. The number of hydrogen-bond donors (Lipinski definition) is 2. The van der Waals surface area contributed by atoms with Gasteiger partial charge in [0, 0.05) is 19.4 Å². The third-order valence-corrected chi connectivity index (χ3v) is 2.46. The van der Waals surface area contributed by atoms with Gasteiger partial charge < -0.3 is 5.32 Å². The zero-order valence-electron chi connectivity index (χ0n) is 11.0. The lowest BCUT2D eigenvalue weighted by molar-refractivity contribution is -1.07. The van der Waals surface area contributed by atoms with Crippen molar-refractivity contribution < 1.29 is 14.6 Å². The lowest BCUT2D eigenvalue weighted by Crippen LogP contribution is -2.38. The number of hydrogen-bond acceptors (Lipinski definition) is 2. The molecule has 0 radical (unpaired) electrons. The molecule has 0 saturated carbocycles. The number of quaternary nitrogens is 1. The highest BCUT2D eigenvalue weighted by Gasteiger charge is 2.09. The summed E-state index contributed by atoms with van der Waals surface area (Å²) in [7, 11) is 3.46. The monoisotopic (exact) mass is 231 g/mol. The van der Waals surface area contributed by atoms with E-state index < -0.39 is 0 Å². The van der Waals surface area contributed by atoms with Gasteiger partial charge in [-0.25, -0.2) is 5.21 Å². The highest BCUT2D eigenvalue weighted by molar-refractivity contribution is 5.75. The molecule has 0 fully saturated rings. The average molecular weight is 231 g/mol. The van der Waals surface area contributed by atoms with Crippen molar-refractivity contribution in [2.24, 2.45) is 0 Å². The summed E-state index contributed by atoms with van der Waals surface area (Å²) < 4.78 is -0.0353. The van der Waals surface area contributed by atoms with E-state index in [0.29, 0.717) is 19.5 Å². The third kappa shape index (κ3) is 11.5. The molecule has 0 aliphatic rings. The minimum atomic E-state index is -0.0353. The molecule has 0 saturated heterocycles. The number of hydroxylamine groups is 3. The first-order valence-corrected chi connectivity index (χ1v) is 6.28. The second kappa shape index (κ2) is 8.53. The predicted octanol–water partition coefficient (Wildman–Crippen LogP) is 1.93. The van der Waals surface area contributed by atoms with E-state index in [0.717, 1.165) is 19.3 Å². The van der Waals surface area contributed by atoms with Crippen LogP contribution in [-0.4, -0.2) is 42.9 Å². The summed E-state index contributed by atoms with van der Waals surface area (Å²) >= 11 is 0. The Hall–Kier alpha value is -0.610. The molecule has 0 aromatic carbocycles. The van der Waals surface area contributed by atoms with Crippen LogP contribution in [0.25, 0.3) is 0 Å². The Balaban J connectivity index is 3.31. The summed E-state index contributed by atoms with van der Waals surface area (Å²) in [5.74, 6) is 0.138. The van der Waals surface area contributed by atoms with Gasteiger partial charge in [-0.15, -0.1) is 0 Å². The summed E-state index contributed by atoms with van der Waals surface area (Å²) in [5.41, 5.74) is 0. The standard InChI is InChI=1S/C12H26N2O2/c1-4-5-6-7-9-12(15)13-10-8-11-14(2,3)16/h16H,4-11H2,1-3H3/p+1. The van der Waals surface area contributed by atoms with E-state index in [1.165, 1.54) is 12.8 Å². The van der Waals surface area contributed by atoms with E-state index >= 15 is 0 Å². The fraction of sp³-hybridized carbons (Fsp3) is 0.917. The SMILES string of the molecule is CCCCCCC(=O)NCCC[N+](C)(C)O. The van der Waals surface area contributed by atoms with Crippen LogP contribution in [0, 0.1) is 0 Å². The molecule has 0 aliphatic carbocycles. The zero-order valence-corrected chi connectivity index (χ0v) is 11.0. The van der Waals surface area contributed by atoms with Gasteiger partial charge in [0.15, 0.2) is 0 Å². The van der Waals surface area contributed by atoms with Crippen LogP contribution in [0.2, 0.25) is 0 Å². The van der Waals surface area contributed by atoms with Gasteiger partial charge in [-0.2, -0.15) is 4.65 Å². The molecule has 0 aromatic rings. The fourth-order valence-electron chi connectivity index (χ4n) is 1.49. The Morgan fingerprint density at radius 2 is 1.88 bits per heavy atom. The van der Waals surface area contributed by atoms with Gasteiger partial charge in [-0.05, 0) is 6.42 Å². The van der Waals surface area contributed by atoms with Gasteiger partial charge in [-0.1, -0.05) is 26.2 Å². The summed E-state index contributed by atoms with van der Waals surface area (Å²) in [6.07, 6.45) is 5.99. The predicted molar refractivity (Wildman–Crippen MR) is 65.1 cm³/mol. The second-order valence-corrected chi connectivity index (χ2v) is 4.86. The molecule has 0 atom stereocenters. The molecular weight excluding hydrogens is 204 g/mol. The van der Waals surface area contributed by atoms with Gasteiger partial charge in [0.05, 0.1) is 14.1 Å². The summed E-state index contributed by atoms with van der Waals surface area (Å²) in [6, 6.07) is 0. The van der Waals surface area contributed by atoms with E-state index in [4.69, 9.17) is 0 Å². The molecule has 0 rings (SSSR count). The first kappa shape index (κ1) is 15.4. The Labute approximate surface area is 99.2 Å². The Morgan fingerprint density at radius 1 is 1.19 bits per heavy atom. The molecule has 0 unspecified atom stereocenters. The van der Waals surface area contributed by atoms with E-state index in [9.17, 15) is 10.0 Å². The lowest BCUT2D eigenvalue weighted by Gasteiger charge is -2.19. The van der Waals surface area contributed by atoms with Crippen LogP contribution in [-0.2, 0) is 4.79 Å². The fourth-order valence-corrected chi connectivity index (χ4v) is 1.49. The number of unbranched alkanes of at least 4 members (excludes halogenated alkanes) is 3. The molecule has 16 heavy (non-hydrogen) atoms. The highest BCUT2D eigenvalue weighted by atomic mass is 16.5. The third-order valence-electron chi connectivity index (χ3n) is 2.46.